The fourth-order valence-corrected chi connectivity index (χ4v) is 1.54. The molecule has 0 atom stereocenters. The molecule has 64 valence electrons. The lowest BCUT2D eigenvalue weighted by Gasteiger charge is -2.36. The smallest absolute Gasteiger partial charge is 0.0911 e. The fourth-order valence-electron chi connectivity index (χ4n) is 1.54. The fraction of sp³-hybridized carbons (Fsp3) is 0.500. The molecule has 1 aliphatic carbocycles. The summed E-state index contributed by atoms with van der Waals surface area (Å²) in [5.41, 5.74) is 1.42. The van der Waals surface area contributed by atoms with Gasteiger partial charge in [0, 0.05) is 17.5 Å². The van der Waals surface area contributed by atoms with Crippen LogP contribution in [0.15, 0.2) is 18.3 Å². The molecule has 1 saturated carbocycles. The van der Waals surface area contributed by atoms with E-state index in [4.69, 9.17) is 0 Å². The molecular weight excluding hydrogens is 150 g/mol. The first kappa shape index (κ1) is 7.74. The third-order valence-electron chi connectivity index (χ3n) is 2.63. The first-order chi connectivity index (χ1) is 5.71. The molecule has 12 heavy (non-hydrogen) atoms. The molecule has 0 amide bonds. The topological polar surface area (TPSA) is 33.1 Å². The van der Waals surface area contributed by atoms with Gasteiger partial charge < -0.3 is 5.11 Å². The van der Waals surface area contributed by atoms with E-state index in [1.807, 2.05) is 19.1 Å². The van der Waals surface area contributed by atoms with Gasteiger partial charge in [-0.15, -0.1) is 0 Å². The maximum absolute atomic E-state index is 9.93. The maximum atomic E-state index is 9.93. The minimum atomic E-state index is -0.555. The van der Waals surface area contributed by atoms with Gasteiger partial charge in [-0.25, -0.2) is 0 Å². The van der Waals surface area contributed by atoms with Gasteiger partial charge in [-0.05, 0) is 32.3 Å². The van der Waals surface area contributed by atoms with Gasteiger partial charge >= 0.3 is 0 Å². The van der Waals surface area contributed by atoms with Crippen molar-refractivity contribution < 1.29 is 5.11 Å². The molecule has 2 heteroatoms. The Labute approximate surface area is 72.3 Å². The molecule has 1 aromatic heterocycles. The summed E-state index contributed by atoms with van der Waals surface area (Å²) in [5.74, 6) is 0. The molecule has 1 aliphatic rings. The quantitative estimate of drug-likeness (QED) is 0.684. The summed E-state index contributed by atoms with van der Waals surface area (Å²) in [5, 5.41) is 9.93. The summed E-state index contributed by atoms with van der Waals surface area (Å²) in [7, 11) is 0. The van der Waals surface area contributed by atoms with Gasteiger partial charge in [0.1, 0.15) is 0 Å². The molecule has 0 spiro atoms. The third-order valence-corrected chi connectivity index (χ3v) is 2.63. The highest BCUT2D eigenvalue weighted by atomic mass is 16.3. The van der Waals surface area contributed by atoms with E-state index in [0.717, 1.165) is 30.5 Å². The van der Waals surface area contributed by atoms with Crippen LogP contribution in [0, 0.1) is 6.92 Å². The minimum absolute atomic E-state index is 0.555. The number of aromatic nitrogens is 1. The van der Waals surface area contributed by atoms with E-state index in [1.165, 1.54) is 0 Å². The Morgan fingerprint density at radius 1 is 1.42 bits per heavy atom. The van der Waals surface area contributed by atoms with Crippen molar-refractivity contribution in [3.8, 4) is 0 Å². The molecule has 1 aromatic rings. The molecule has 1 heterocycles. The molecule has 0 unspecified atom stereocenters. The third kappa shape index (κ3) is 1.12. The SMILES string of the molecule is Cc1ccc(C2(O)CCC2)cn1. The van der Waals surface area contributed by atoms with Gasteiger partial charge in [-0.1, -0.05) is 6.07 Å². The zero-order chi connectivity index (χ0) is 8.60. The summed E-state index contributed by atoms with van der Waals surface area (Å²) in [6.07, 6.45) is 4.69. The molecule has 2 rings (SSSR count). The van der Waals surface area contributed by atoms with E-state index in [9.17, 15) is 5.11 Å². The van der Waals surface area contributed by atoms with Crippen LogP contribution in [0.2, 0.25) is 0 Å². The molecule has 0 aliphatic heterocycles. The van der Waals surface area contributed by atoms with Crippen LogP contribution in [0.5, 0.6) is 0 Å². The molecule has 0 radical (unpaired) electrons. The van der Waals surface area contributed by atoms with Crippen LogP contribution in [-0.4, -0.2) is 10.1 Å². The normalized spacial score (nSPS) is 20.2. The molecule has 0 aromatic carbocycles. The van der Waals surface area contributed by atoms with Crippen LogP contribution in [0.4, 0.5) is 0 Å². The largest absolute Gasteiger partial charge is 0.385 e. The molecule has 0 saturated heterocycles. The van der Waals surface area contributed by atoms with Crippen molar-refractivity contribution >= 4 is 0 Å². The summed E-state index contributed by atoms with van der Waals surface area (Å²) in [6, 6.07) is 3.92. The van der Waals surface area contributed by atoms with Gasteiger partial charge in [0.15, 0.2) is 0 Å². The van der Waals surface area contributed by atoms with Crippen molar-refractivity contribution in [1.29, 1.82) is 0 Å². The predicted octanol–water partition coefficient (Wildman–Crippen LogP) is 1.76. The Hall–Kier alpha value is -0.890. The van der Waals surface area contributed by atoms with E-state index in [2.05, 4.69) is 4.98 Å². The molecular formula is C10H13NO. The van der Waals surface area contributed by atoms with Crippen LogP contribution in [0.3, 0.4) is 0 Å². The second kappa shape index (κ2) is 2.56. The second-order valence-electron chi connectivity index (χ2n) is 3.57. The monoisotopic (exact) mass is 163 g/mol. The van der Waals surface area contributed by atoms with Gasteiger partial charge in [-0.2, -0.15) is 0 Å². The number of hydrogen-bond acceptors (Lipinski definition) is 2. The van der Waals surface area contributed by atoms with Crippen molar-refractivity contribution in [3.05, 3.63) is 29.6 Å². The first-order valence-electron chi connectivity index (χ1n) is 4.36. The number of hydrogen-bond donors (Lipinski definition) is 1. The van der Waals surface area contributed by atoms with Crippen molar-refractivity contribution in [3.63, 3.8) is 0 Å². The zero-order valence-corrected chi connectivity index (χ0v) is 7.25. The molecule has 1 N–H and O–H groups in total. The number of aryl methyl sites for hydroxylation is 1. The van der Waals surface area contributed by atoms with Gasteiger partial charge in [0.2, 0.25) is 0 Å². The lowest BCUT2D eigenvalue weighted by molar-refractivity contribution is -0.0390. The number of nitrogens with zero attached hydrogens (tertiary/aromatic N) is 1. The van der Waals surface area contributed by atoms with Crippen LogP contribution < -0.4 is 0 Å². The Morgan fingerprint density at radius 3 is 2.58 bits per heavy atom. The molecule has 1 fully saturated rings. The standard InChI is InChI=1S/C10H13NO/c1-8-3-4-9(7-11-8)10(12)5-2-6-10/h3-4,7,12H,2,5-6H2,1H3. The van der Waals surface area contributed by atoms with Crippen molar-refractivity contribution in [2.75, 3.05) is 0 Å². The van der Waals surface area contributed by atoms with Crippen molar-refractivity contribution in [1.82, 2.24) is 4.98 Å². The second-order valence-corrected chi connectivity index (χ2v) is 3.57. The van der Waals surface area contributed by atoms with Crippen LogP contribution in [0.25, 0.3) is 0 Å². The van der Waals surface area contributed by atoms with Gasteiger partial charge in [0.05, 0.1) is 5.60 Å². The number of aliphatic hydroxyl groups is 1. The van der Waals surface area contributed by atoms with Crippen LogP contribution >= 0.6 is 0 Å². The Bertz CT molecular complexity index is 274. The molecule has 0 bridgehead atoms. The lowest BCUT2D eigenvalue weighted by Crippen LogP contribution is -2.33. The van der Waals surface area contributed by atoms with Crippen molar-refractivity contribution in [2.24, 2.45) is 0 Å². The highest BCUT2D eigenvalue weighted by Gasteiger charge is 2.36. The van der Waals surface area contributed by atoms with Crippen LogP contribution in [-0.2, 0) is 5.60 Å². The summed E-state index contributed by atoms with van der Waals surface area (Å²) >= 11 is 0. The van der Waals surface area contributed by atoms with E-state index in [0.29, 0.717) is 0 Å². The minimum Gasteiger partial charge on any atom is -0.385 e. The van der Waals surface area contributed by atoms with E-state index in [-0.39, 0.29) is 0 Å². The summed E-state index contributed by atoms with van der Waals surface area (Å²) in [6.45, 7) is 1.95. The van der Waals surface area contributed by atoms with Gasteiger partial charge in [-0.3, -0.25) is 4.98 Å². The van der Waals surface area contributed by atoms with Crippen LogP contribution in [0.1, 0.15) is 30.5 Å². The average molecular weight is 163 g/mol. The first-order valence-corrected chi connectivity index (χ1v) is 4.36. The van der Waals surface area contributed by atoms with Crippen molar-refractivity contribution in [2.45, 2.75) is 31.8 Å². The Kier molecular flexibility index (Phi) is 1.65. The van der Waals surface area contributed by atoms with E-state index in [1.54, 1.807) is 6.20 Å². The number of rotatable bonds is 1. The van der Waals surface area contributed by atoms with Gasteiger partial charge in [0.25, 0.3) is 0 Å². The lowest BCUT2D eigenvalue weighted by atomic mass is 9.76. The number of pyridine rings is 1. The average Bonchev–Trinajstić information content (AvgIpc) is 2.02. The highest BCUT2D eigenvalue weighted by Crippen LogP contribution is 2.40. The highest BCUT2D eigenvalue weighted by molar-refractivity contribution is 5.22. The van der Waals surface area contributed by atoms with E-state index >= 15 is 0 Å². The van der Waals surface area contributed by atoms with E-state index < -0.39 is 5.60 Å². The Balaban J connectivity index is 2.28. The Morgan fingerprint density at radius 2 is 2.17 bits per heavy atom. The maximum Gasteiger partial charge on any atom is 0.0911 e. The summed E-state index contributed by atoms with van der Waals surface area (Å²) < 4.78 is 0. The molecule has 2 nitrogen and oxygen atoms in total. The summed E-state index contributed by atoms with van der Waals surface area (Å²) in [4.78, 5) is 4.17. The zero-order valence-electron chi connectivity index (χ0n) is 7.25. The predicted molar refractivity (Wildman–Crippen MR) is 46.7 cm³/mol.